The summed E-state index contributed by atoms with van der Waals surface area (Å²) in [4.78, 5) is 30.1. The van der Waals surface area contributed by atoms with E-state index in [1.165, 1.54) is 11.3 Å². The molecule has 2 aromatic heterocycles. The molecule has 168 valence electrons. The zero-order valence-electron chi connectivity index (χ0n) is 18.6. The Hall–Kier alpha value is -3.78. The molecule has 2 aromatic carbocycles. The third kappa shape index (κ3) is 5.18. The summed E-state index contributed by atoms with van der Waals surface area (Å²) in [5.41, 5.74) is 3.73. The van der Waals surface area contributed by atoms with Crippen LogP contribution in [0.2, 0.25) is 0 Å². The van der Waals surface area contributed by atoms with E-state index < -0.39 is 0 Å². The van der Waals surface area contributed by atoms with E-state index in [1.807, 2.05) is 68.4 Å². The molecule has 4 rings (SSSR count). The maximum atomic E-state index is 12.7. The van der Waals surface area contributed by atoms with Gasteiger partial charge in [-0.1, -0.05) is 67.6 Å². The molecular formula is C25H24N4O3S. The number of anilines is 1. The van der Waals surface area contributed by atoms with E-state index in [0.717, 1.165) is 27.3 Å². The molecular weight excluding hydrogens is 436 g/mol. The van der Waals surface area contributed by atoms with Crippen LogP contribution in [0.25, 0.3) is 21.8 Å². The fourth-order valence-electron chi connectivity index (χ4n) is 3.46. The number of carbonyl (C=O) groups excluding carboxylic acids is 1. The summed E-state index contributed by atoms with van der Waals surface area (Å²) in [5, 5.41) is 10.3. The van der Waals surface area contributed by atoms with Gasteiger partial charge in [-0.15, -0.1) is 0 Å². The quantitative estimate of drug-likeness (QED) is 0.410. The molecule has 33 heavy (non-hydrogen) atoms. The van der Waals surface area contributed by atoms with Crippen molar-refractivity contribution < 1.29 is 9.53 Å². The molecule has 4 aromatic rings. The first-order valence-electron chi connectivity index (χ1n) is 10.5. The second kappa shape index (κ2) is 9.79. The fourth-order valence-corrected chi connectivity index (χ4v) is 4.47. The lowest BCUT2D eigenvalue weighted by atomic mass is 10.00. The fraction of sp³-hybridized carbons (Fsp3) is 0.200. The lowest BCUT2D eigenvalue weighted by Crippen LogP contribution is -2.14. The van der Waals surface area contributed by atoms with Crippen molar-refractivity contribution in [3.05, 3.63) is 82.1 Å². The average Bonchev–Trinajstić information content (AvgIpc) is 3.23. The Labute approximate surface area is 195 Å². The normalized spacial score (nSPS) is 10.9. The van der Waals surface area contributed by atoms with Crippen LogP contribution in [0, 0.1) is 0 Å². The molecule has 2 N–H and O–H groups in total. The van der Waals surface area contributed by atoms with Gasteiger partial charge >= 0.3 is 0 Å². The molecule has 1 amide bonds. The number of hydrogen-bond acceptors (Lipinski definition) is 6. The molecule has 0 radical (unpaired) electrons. The first kappa shape index (κ1) is 22.4. The molecule has 0 aliphatic rings. The van der Waals surface area contributed by atoms with Crippen molar-refractivity contribution in [2.75, 3.05) is 12.4 Å². The molecule has 0 aliphatic carbocycles. The molecule has 0 saturated heterocycles. The van der Waals surface area contributed by atoms with Crippen LogP contribution in [0.3, 0.4) is 0 Å². The van der Waals surface area contributed by atoms with Crippen molar-refractivity contribution in [3.63, 3.8) is 0 Å². The molecule has 8 heteroatoms. The van der Waals surface area contributed by atoms with Gasteiger partial charge in [0.2, 0.25) is 5.91 Å². The van der Waals surface area contributed by atoms with Gasteiger partial charge in [0.05, 0.1) is 24.1 Å². The van der Waals surface area contributed by atoms with Crippen LogP contribution in [0.4, 0.5) is 5.13 Å². The van der Waals surface area contributed by atoms with Crippen molar-refractivity contribution in [2.45, 2.75) is 26.2 Å². The number of benzene rings is 2. The molecule has 0 fully saturated rings. The van der Waals surface area contributed by atoms with Crippen LogP contribution in [-0.2, 0) is 11.2 Å². The summed E-state index contributed by atoms with van der Waals surface area (Å²) in [7, 11) is 1.61. The van der Waals surface area contributed by atoms with Crippen LogP contribution in [0.1, 0.15) is 30.9 Å². The highest BCUT2D eigenvalue weighted by Crippen LogP contribution is 2.40. The van der Waals surface area contributed by atoms with Gasteiger partial charge in [0.15, 0.2) is 5.13 Å². The number of rotatable bonds is 7. The van der Waals surface area contributed by atoms with Gasteiger partial charge in [-0.05, 0) is 29.2 Å². The van der Waals surface area contributed by atoms with Crippen molar-refractivity contribution in [1.82, 2.24) is 15.2 Å². The number of nitrogens with one attached hydrogen (secondary N) is 2. The van der Waals surface area contributed by atoms with Gasteiger partial charge in [-0.25, -0.2) is 10.1 Å². The van der Waals surface area contributed by atoms with Gasteiger partial charge in [-0.3, -0.25) is 9.59 Å². The van der Waals surface area contributed by atoms with E-state index in [9.17, 15) is 9.59 Å². The van der Waals surface area contributed by atoms with Crippen LogP contribution in [0.5, 0.6) is 5.75 Å². The Morgan fingerprint density at radius 3 is 2.48 bits per heavy atom. The van der Waals surface area contributed by atoms with Crippen molar-refractivity contribution in [3.8, 4) is 27.6 Å². The molecule has 0 spiro atoms. The molecule has 0 bridgehead atoms. The smallest absolute Gasteiger partial charge is 0.264 e. The molecule has 2 heterocycles. The lowest BCUT2D eigenvalue weighted by Gasteiger charge is -2.10. The maximum absolute atomic E-state index is 12.7. The van der Waals surface area contributed by atoms with Crippen LogP contribution >= 0.6 is 11.3 Å². The number of carbonyl (C=O) groups is 1. The highest BCUT2D eigenvalue weighted by molar-refractivity contribution is 7.19. The first-order valence-corrected chi connectivity index (χ1v) is 11.3. The zero-order chi connectivity index (χ0) is 23.4. The van der Waals surface area contributed by atoms with E-state index >= 15 is 0 Å². The highest BCUT2D eigenvalue weighted by atomic mass is 32.1. The third-order valence-electron chi connectivity index (χ3n) is 5.12. The van der Waals surface area contributed by atoms with Crippen molar-refractivity contribution in [2.24, 2.45) is 0 Å². The third-order valence-corrected chi connectivity index (χ3v) is 6.10. The average molecular weight is 461 g/mol. The topological polar surface area (TPSA) is 97.0 Å². The Morgan fingerprint density at radius 2 is 1.82 bits per heavy atom. The monoisotopic (exact) mass is 460 g/mol. The molecule has 0 aliphatic heterocycles. The second-order valence-corrected chi connectivity index (χ2v) is 8.83. The number of ether oxygens (including phenoxy) is 1. The number of thiazole rings is 1. The predicted molar refractivity (Wildman–Crippen MR) is 131 cm³/mol. The number of hydrogen-bond donors (Lipinski definition) is 2. The number of H-pyrrole nitrogens is 1. The van der Waals surface area contributed by atoms with Gasteiger partial charge in [-0.2, -0.15) is 5.10 Å². The van der Waals surface area contributed by atoms with E-state index in [-0.39, 0.29) is 23.8 Å². The van der Waals surface area contributed by atoms with E-state index in [2.05, 4.69) is 15.5 Å². The predicted octanol–water partition coefficient (Wildman–Crippen LogP) is 4.87. The van der Waals surface area contributed by atoms with Gasteiger partial charge < -0.3 is 10.1 Å². The number of aromatic nitrogens is 3. The van der Waals surface area contributed by atoms with E-state index in [1.54, 1.807) is 13.2 Å². The van der Waals surface area contributed by atoms with Crippen molar-refractivity contribution >= 4 is 22.4 Å². The standard InChI is InChI=1S/C25H24N4O3S/c1-15(2)19-14-21(31)28-29-23(19)24-22(17-7-5-4-6-8-17)27-25(33-24)26-20(30)13-16-9-11-18(32-3)12-10-16/h4-12,14-15H,13H2,1-3H3,(H,28,31)(H,26,27,30). The molecule has 0 saturated carbocycles. The second-order valence-electron chi connectivity index (χ2n) is 7.83. The Kier molecular flexibility index (Phi) is 6.65. The van der Waals surface area contributed by atoms with Crippen LogP contribution in [0.15, 0.2) is 65.5 Å². The SMILES string of the molecule is COc1ccc(CC(=O)Nc2nc(-c3ccccc3)c(-c3n[nH]c(=O)cc3C(C)C)s2)cc1. The largest absolute Gasteiger partial charge is 0.497 e. The molecule has 0 unspecified atom stereocenters. The Morgan fingerprint density at radius 1 is 1.09 bits per heavy atom. The molecule has 0 atom stereocenters. The lowest BCUT2D eigenvalue weighted by molar-refractivity contribution is -0.115. The van der Waals surface area contributed by atoms with Crippen LogP contribution in [-0.4, -0.2) is 28.2 Å². The number of amides is 1. The van der Waals surface area contributed by atoms with E-state index in [4.69, 9.17) is 9.72 Å². The van der Waals surface area contributed by atoms with E-state index in [0.29, 0.717) is 16.5 Å². The molecule has 7 nitrogen and oxygen atoms in total. The Bertz CT molecular complexity index is 1310. The maximum Gasteiger partial charge on any atom is 0.264 e. The van der Waals surface area contributed by atoms with Gasteiger partial charge in [0.1, 0.15) is 11.4 Å². The minimum Gasteiger partial charge on any atom is -0.497 e. The zero-order valence-corrected chi connectivity index (χ0v) is 19.4. The summed E-state index contributed by atoms with van der Waals surface area (Å²) in [6.45, 7) is 4.03. The van der Waals surface area contributed by atoms with Gasteiger partial charge in [0, 0.05) is 11.6 Å². The summed E-state index contributed by atoms with van der Waals surface area (Å²) in [6.07, 6.45) is 0.216. The summed E-state index contributed by atoms with van der Waals surface area (Å²) in [5.74, 6) is 0.665. The summed E-state index contributed by atoms with van der Waals surface area (Å²) < 4.78 is 5.17. The minimum absolute atomic E-state index is 0.0913. The highest BCUT2D eigenvalue weighted by Gasteiger charge is 2.21. The van der Waals surface area contributed by atoms with Gasteiger partial charge in [0.25, 0.3) is 5.56 Å². The van der Waals surface area contributed by atoms with Crippen molar-refractivity contribution in [1.29, 1.82) is 0 Å². The summed E-state index contributed by atoms with van der Waals surface area (Å²) >= 11 is 1.34. The minimum atomic E-state index is -0.249. The Balaban J connectivity index is 1.69. The number of methoxy groups -OCH3 is 1. The number of aromatic amines is 1. The first-order chi connectivity index (χ1) is 15.9. The summed E-state index contributed by atoms with van der Waals surface area (Å²) in [6, 6.07) is 18.7. The number of nitrogens with zero attached hydrogens (tertiary/aromatic N) is 2. The van der Waals surface area contributed by atoms with Crippen LogP contribution < -0.4 is 15.6 Å².